The predicted octanol–water partition coefficient (Wildman–Crippen LogP) is 6.27. The van der Waals surface area contributed by atoms with E-state index in [2.05, 4.69) is 84.9 Å². The van der Waals surface area contributed by atoms with E-state index in [1.807, 2.05) is 0 Å². The van der Waals surface area contributed by atoms with Crippen molar-refractivity contribution in [2.45, 2.75) is 50.9 Å². The van der Waals surface area contributed by atoms with Crippen LogP contribution in [0, 0.1) is 0 Å². The summed E-state index contributed by atoms with van der Waals surface area (Å²) in [6, 6.07) is 31.6. The van der Waals surface area contributed by atoms with E-state index in [9.17, 15) is 0 Å². The minimum Gasteiger partial charge on any atom is -0.0622 e. The van der Waals surface area contributed by atoms with E-state index in [-0.39, 0.29) is 0 Å². The van der Waals surface area contributed by atoms with Gasteiger partial charge in [0.2, 0.25) is 0 Å². The summed E-state index contributed by atoms with van der Waals surface area (Å²) in [5.74, 6) is 0.763. The first-order chi connectivity index (χ1) is 13.4. The van der Waals surface area contributed by atoms with E-state index in [1.54, 1.807) is 5.56 Å². The molecule has 1 heteroatoms. The zero-order valence-electron chi connectivity index (χ0n) is 16.1. The highest BCUT2D eigenvalue weighted by molar-refractivity contribution is 7.79. The Morgan fingerprint density at radius 3 is 1.44 bits per heavy atom. The maximum atomic E-state index is 2.42. The molecule has 3 aromatic rings. The van der Waals surface area contributed by atoms with Crippen molar-refractivity contribution in [2.75, 3.05) is 0 Å². The molecule has 1 fully saturated rings. The van der Waals surface area contributed by atoms with Crippen LogP contribution in [0.25, 0.3) is 0 Å². The molecule has 0 heterocycles. The fraction of sp³-hybridized carbons (Fsp3) is 0.308. The molecule has 4 rings (SSSR count). The van der Waals surface area contributed by atoms with Crippen LogP contribution in [0.4, 0.5) is 0 Å². The van der Waals surface area contributed by atoms with E-state index < -0.39 is 7.92 Å². The first-order valence-electron chi connectivity index (χ1n) is 10.4. The molecule has 0 unspecified atom stereocenters. The normalized spacial score (nSPS) is 16.0. The van der Waals surface area contributed by atoms with Gasteiger partial charge in [-0.2, -0.15) is 0 Å². The molecule has 0 amide bonds. The van der Waals surface area contributed by atoms with Crippen LogP contribution in [0.3, 0.4) is 0 Å². The standard InChI is InChI=1S/C26H29P/c1-2-6-12-22(13-7-3-1)23-18-20-26(21-19-23)27(24-14-8-4-9-15-24)25-16-10-5-11-17-25/h4-5,8-11,14-22H,1-3,6-7,12-13H2. The Bertz CT molecular complexity index is 760. The molecule has 0 atom stereocenters. The predicted molar refractivity (Wildman–Crippen MR) is 120 cm³/mol. The highest BCUT2D eigenvalue weighted by atomic mass is 31.1. The number of benzene rings is 3. The van der Waals surface area contributed by atoms with Gasteiger partial charge < -0.3 is 0 Å². The molecule has 0 aliphatic heterocycles. The van der Waals surface area contributed by atoms with Gasteiger partial charge in [-0.15, -0.1) is 0 Å². The van der Waals surface area contributed by atoms with Gasteiger partial charge in [0.1, 0.15) is 0 Å². The Morgan fingerprint density at radius 1 is 0.481 bits per heavy atom. The van der Waals surface area contributed by atoms with Crippen molar-refractivity contribution < 1.29 is 0 Å². The van der Waals surface area contributed by atoms with Crippen molar-refractivity contribution in [1.29, 1.82) is 0 Å². The van der Waals surface area contributed by atoms with Crippen LogP contribution >= 0.6 is 7.92 Å². The molecular weight excluding hydrogens is 343 g/mol. The molecule has 1 saturated carbocycles. The van der Waals surface area contributed by atoms with Crippen LogP contribution in [0.5, 0.6) is 0 Å². The van der Waals surface area contributed by atoms with E-state index >= 15 is 0 Å². The fourth-order valence-corrected chi connectivity index (χ4v) is 6.57. The molecule has 1 aliphatic carbocycles. The van der Waals surface area contributed by atoms with Gasteiger partial charge >= 0.3 is 0 Å². The molecule has 0 aromatic heterocycles. The van der Waals surface area contributed by atoms with Crippen LogP contribution in [-0.2, 0) is 0 Å². The topological polar surface area (TPSA) is 0 Å². The Kier molecular flexibility index (Phi) is 6.38. The van der Waals surface area contributed by atoms with Crippen molar-refractivity contribution in [3.63, 3.8) is 0 Å². The number of rotatable bonds is 4. The van der Waals surface area contributed by atoms with Gasteiger partial charge in [-0.1, -0.05) is 117 Å². The minimum atomic E-state index is -0.485. The lowest BCUT2D eigenvalue weighted by molar-refractivity contribution is 0.455. The average molecular weight is 372 g/mol. The van der Waals surface area contributed by atoms with E-state index in [0.717, 1.165) is 5.92 Å². The highest BCUT2D eigenvalue weighted by Gasteiger charge is 2.18. The van der Waals surface area contributed by atoms with Gasteiger partial charge in [-0.3, -0.25) is 0 Å². The second-order valence-electron chi connectivity index (χ2n) is 7.64. The Balaban J connectivity index is 1.63. The second kappa shape index (κ2) is 9.34. The second-order valence-corrected chi connectivity index (χ2v) is 9.86. The van der Waals surface area contributed by atoms with Gasteiger partial charge in [0, 0.05) is 0 Å². The van der Waals surface area contributed by atoms with Crippen LogP contribution in [0.2, 0.25) is 0 Å². The summed E-state index contributed by atoms with van der Waals surface area (Å²) in [5, 5.41) is 4.31. The molecule has 0 nitrogen and oxygen atoms in total. The van der Waals surface area contributed by atoms with Crippen LogP contribution in [0.15, 0.2) is 84.9 Å². The molecule has 0 N–H and O–H groups in total. The van der Waals surface area contributed by atoms with E-state index in [1.165, 1.54) is 60.9 Å². The van der Waals surface area contributed by atoms with Crippen molar-refractivity contribution >= 4 is 23.8 Å². The third-order valence-electron chi connectivity index (χ3n) is 5.76. The fourth-order valence-electron chi connectivity index (χ4n) is 4.29. The van der Waals surface area contributed by atoms with Crippen LogP contribution < -0.4 is 15.9 Å². The Labute approximate surface area is 165 Å². The third-order valence-corrected chi connectivity index (χ3v) is 8.20. The third kappa shape index (κ3) is 4.69. The molecule has 0 spiro atoms. The average Bonchev–Trinajstić information content (AvgIpc) is 2.70. The summed E-state index contributed by atoms with van der Waals surface area (Å²) < 4.78 is 0. The largest absolute Gasteiger partial charge is 0.0622 e. The van der Waals surface area contributed by atoms with Gasteiger partial charge in [-0.25, -0.2) is 0 Å². The molecular formula is C26H29P. The summed E-state index contributed by atoms with van der Waals surface area (Å²) in [6.07, 6.45) is 9.80. The SMILES string of the molecule is c1ccc(P(c2ccccc2)c2ccc(C3CCCCCCC3)cc2)cc1. The van der Waals surface area contributed by atoms with Crippen LogP contribution in [-0.4, -0.2) is 0 Å². The first kappa shape index (κ1) is 18.5. The quantitative estimate of drug-likeness (QED) is 0.473. The lowest BCUT2D eigenvalue weighted by Crippen LogP contribution is -2.20. The van der Waals surface area contributed by atoms with Crippen molar-refractivity contribution in [2.24, 2.45) is 0 Å². The van der Waals surface area contributed by atoms with Crippen LogP contribution in [0.1, 0.15) is 56.4 Å². The molecule has 1 aliphatic rings. The van der Waals surface area contributed by atoms with Crippen molar-refractivity contribution in [1.82, 2.24) is 0 Å². The molecule has 3 aromatic carbocycles. The summed E-state index contributed by atoms with van der Waals surface area (Å²) in [5.41, 5.74) is 1.55. The van der Waals surface area contributed by atoms with Gasteiger partial charge in [0.05, 0.1) is 0 Å². The molecule has 0 radical (unpaired) electrons. The zero-order valence-corrected chi connectivity index (χ0v) is 17.0. The van der Waals surface area contributed by atoms with Gasteiger partial charge in [0.25, 0.3) is 0 Å². The summed E-state index contributed by atoms with van der Waals surface area (Å²) in [7, 11) is -0.485. The molecule has 0 saturated heterocycles. The molecule has 138 valence electrons. The summed E-state index contributed by atoms with van der Waals surface area (Å²) >= 11 is 0. The van der Waals surface area contributed by atoms with E-state index in [4.69, 9.17) is 0 Å². The van der Waals surface area contributed by atoms with E-state index in [0.29, 0.717) is 0 Å². The smallest absolute Gasteiger partial charge is 0.0134 e. The maximum absolute atomic E-state index is 2.42. The zero-order chi connectivity index (χ0) is 18.3. The Hall–Kier alpha value is -1.91. The Morgan fingerprint density at radius 2 is 0.926 bits per heavy atom. The summed E-state index contributed by atoms with van der Waals surface area (Å²) in [6.45, 7) is 0. The van der Waals surface area contributed by atoms with Crippen molar-refractivity contribution in [3.8, 4) is 0 Å². The lowest BCUT2D eigenvalue weighted by atomic mass is 9.86. The monoisotopic (exact) mass is 372 g/mol. The highest BCUT2D eigenvalue weighted by Crippen LogP contribution is 2.35. The number of hydrogen-bond acceptors (Lipinski definition) is 0. The first-order valence-corrected chi connectivity index (χ1v) is 11.8. The maximum Gasteiger partial charge on any atom is -0.0134 e. The molecule has 27 heavy (non-hydrogen) atoms. The molecule has 0 bridgehead atoms. The number of hydrogen-bond donors (Lipinski definition) is 0. The minimum absolute atomic E-state index is 0.485. The van der Waals surface area contributed by atoms with Gasteiger partial charge in [-0.05, 0) is 48.2 Å². The lowest BCUT2D eigenvalue weighted by Gasteiger charge is -2.22. The summed E-state index contributed by atoms with van der Waals surface area (Å²) in [4.78, 5) is 0. The van der Waals surface area contributed by atoms with Crippen molar-refractivity contribution in [3.05, 3.63) is 90.5 Å². The van der Waals surface area contributed by atoms with Gasteiger partial charge in [0.15, 0.2) is 0 Å².